The van der Waals surface area contributed by atoms with E-state index in [1.54, 1.807) is 0 Å². The van der Waals surface area contributed by atoms with E-state index in [-0.39, 0.29) is 11.9 Å². The zero-order valence-corrected chi connectivity index (χ0v) is 11.2. The zero-order chi connectivity index (χ0) is 11.8. The van der Waals surface area contributed by atoms with Gasteiger partial charge in [0.15, 0.2) is 0 Å². The summed E-state index contributed by atoms with van der Waals surface area (Å²) in [6, 6.07) is 7.44. The van der Waals surface area contributed by atoms with E-state index in [1.807, 2.05) is 24.3 Å². The first kappa shape index (κ1) is 11.3. The van der Waals surface area contributed by atoms with E-state index in [4.69, 9.17) is 4.74 Å². The van der Waals surface area contributed by atoms with Crippen molar-refractivity contribution in [1.29, 1.82) is 0 Å². The lowest BCUT2D eigenvalue weighted by Gasteiger charge is -2.19. The summed E-state index contributed by atoms with van der Waals surface area (Å²) in [4.78, 5) is 12.1. The third-order valence-electron chi connectivity index (χ3n) is 4.07. The second-order valence-corrected chi connectivity index (χ2v) is 6.07. The standard InChI is InChI=1S/C14H15BrO2/c15-11-3-5-12(6-4-11)17-14(16)13-8-9-1-2-10(13)7-9/h3-6,9-10,13H,1-2,7-8H2. The maximum Gasteiger partial charge on any atom is 0.314 e. The van der Waals surface area contributed by atoms with E-state index in [0.717, 1.165) is 16.8 Å². The highest BCUT2D eigenvalue weighted by atomic mass is 79.9. The minimum Gasteiger partial charge on any atom is -0.426 e. The molecule has 2 saturated carbocycles. The number of halogens is 1. The predicted octanol–water partition coefficient (Wildman–Crippen LogP) is 3.79. The van der Waals surface area contributed by atoms with Gasteiger partial charge in [-0.05, 0) is 55.4 Å². The van der Waals surface area contributed by atoms with E-state index >= 15 is 0 Å². The summed E-state index contributed by atoms with van der Waals surface area (Å²) in [5.41, 5.74) is 0. The molecule has 2 bridgehead atoms. The van der Waals surface area contributed by atoms with Crippen molar-refractivity contribution in [2.24, 2.45) is 17.8 Å². The molecular weight excluding hydrogens is 280 g/mol. The maximum absolute atomic E-state index is 12.1. The third-order valence-corrected chi connectivity index (χ3v) is 4.60. The van der Waals surface area contributed by atoms with Gasteiger partial charge in [-0.1, -0.05) is 22.4 Å². The fraction of sp³-hybridized carbons (Fsp3) is 0.500. The normalized spacial score (nSPS) is 30.5. The van der Waals surface area contributed by atoms with Crippen LogP contribution in [-0.4, -0.2) is 5.97 Å². The second kappa shape index (κ2) is 4.45. The van der Waals surface area contributed by atoms with Crippen LogP contribution in [-0.2, 0) is 4.79 Å². The zero-order valence-electron chi connectivity index (χ0n) is 9.56. The highest BCUT2D eigenvalue weighted by Gasteiger charge is 2.44. The highest BCUT2D eigenvalue weighted by molar-refractivity contribution is 9.10. The third kappa shape index (κ3) is 2.25. The quantitative estimate of drug-likeness (QED) is 0.613. The van der Waals surface area contributed by atoms with E-state index in [9.17, 15) is 4.79 Å². The molecule has 90 valence electrons. The molecule has 1 aromatic carbocycles. The maximum atomic E-state index is 12.1. The molecule has 17 heavy (non-hydrogen) atoms. The fourth-order valence-corrected chi connectivity index (χ4v) is 3.49. The molecule has 0 radical (unpaired) electrons. The smallest absolute Gasteiger partial charge is 0.314 e. The molecule has 3 heteroatoms. The van der Waals surface area contributed by atoms with Crippen LogP contribution in [0.2, 0.25) is 0 Å². The molecule has 2 aliphatic rings. The summed E-state index contributed by atoms with van der Waals surface area (Å²) in [5, 5.41) is 0. The summed E-state index contributed by atoms with van der Waals surface area (Å²) < 4.78 is 6.44. The fourth-order valence-electron chi connectivity index (χ4n) is 3.23. The van der Waals surface area contributed by atoms with Gasteiger partial charge in [-0.15, -0.1) is 0 Å². The topological polar surface area (TPSA) is 26.3 Å². The molecule has 1 aromatic rings. The molecule has 0 amide bonds. The SMILES string of the molecule is O=C(Oc1ccc(Br)cc1)C1CC2CCC1C2. The Bertz CT molecular complexity index is 426. The van der Waals surface area contributed by atoms with E-state index < -0.39 is 0 Å². The molecule has 0 spiro atoms. The Morgan fingerprint density at radius 1 is 1.18 bits per heavy atom. The summed E-state index contributed by atoms with van der Waals surface area (Å²) >= 11 is 3.36. The molecule has 3 atom stereocenters. The van der Waals surface area contributed by atoms with Crippen LogP contribution >= 0.6 is 15.9 Å². The molecule has 2 nitrogen and oxygen atoms in total. The van der Waals surface area contributed by atoms with Gasteiger partial charge >= 0.3 is 5.97 Å². The average molecular weight is 295 g/mol. The summed E-state index contributed by atoms with van der Waals surface area (Å²) in [6.45, 7) is 0. The number of benzene rings is 1. The van der Waals surface area contributed by atoms with Crippen LogP contribution in [0.15, 0.2) is 28.7 Å². The highest BCUT2D eigenvalue weighted by Crippen LogP contribution is 2.48. The van der Waals surface area contributed by atoms with Gasteiger partial charge in [0.05, 0.1) is 5.92 Å². The van der Waals surface area contributed by atoms with Gasteiger partial charge in [0.1, 0.15) is 5.75 Å². The van der Waals surface area contributed by atoms with Crippen LogP contribution < -0.4 is 4.74 Å². The minimum atomic E-state index is -0.0282. The number of hydrogen-bond donors (Lipinski definition) is 0. The van der Waals surface area contributed by atoms with Crippen molar-refractivity contribution in [3.05, 3.63) is 28.7 Å². The number of carbonyl (C=O) groups is 1. The Hall–Kier alpha value is -0.830. The molecular formula is C14H15BrO2. The van der Waals surface area contributed by atoms with Crippen molar-refractivity contribution in [1.82, 2.24) is 0 Å². The number of rotatable bonds is 2. The minimum absolute atomic E-state index is 0.0282. The summed E-state index contributed by atoms with van der Waals surface area (Å²) in [7, 11) is 0. The van der Waals surface area contributed by atoms with Crippen LogP contribution in [0, 0.1) is 17.8 Å². The van der Waals surface area contributed by atoms with Crippen LogP contribution in [0.5, 0.6) is 5.75 Å². The Kier molecular flexibility index (Phi) is 2.95. The predicted molar refractivity (Wildman–Crippen MR) is 68.7 cm³/mol. The number of fused-ring (bicyclic) bond motifs is 2. The second-order valence-electron chi connectivity index (χ2n) is 5.16. The molecule has 0 N–H and O–H groups in total. The lowest BCUT2D eigenvalue weighted by molar-refractivity contribution is -0.140. The monoisotopic (exact) mass is 294 g/mol. The Morgan fingerprint density at radius 3 is 2.53 bits per heavy atom. The first-order valence-electron chi connectivity index (χ1n) is 6.19. The van der Waals surface area contributed by atoms with E-state index in [1.165, 1.54) is 19.3 Å². The number of hydrogen-bond acceptors (Lipinski definition) is 2. The van der Waals surface area contributed by atoms with Crippen molar-refractivity contribution in [2.45, 2.75) is 25.7 Å². The van der Waals surface area contributed by atoms with Gasteiger partial charge in [-0.2, -0.15) is 0 Å². The largest absolute Gasteiger partial charge is 0.426 e. The van der Waals surface area contributed by atoms with Gasteiger partial charge in [0.25, 0.3) is 0 Å². The van der Waals surface area contributed by atoms with Gasteiger partial charge in [-0.3, -0.25) is 4.79 Å². The average Bonchev–Trinajstić information content (AvgIpc) is 2.94. The molecule has 0 saturated heterocycles. The Labute approximate surface area is 109 Å². The lowest BCUT2D eigenvalue weighted by atomic mass is 9.89. The molecule has 0 heterocycles. The van der Waals surface area contributed by atoms with Crippen LogP contribution in [0.3, 0.4) is 0 Å². The molecule has 2 aliphatic carbocycles. The van der Waals surface area contributed by atoms with Crippen LogP contribution in [0.1, 0.15) is 25.7 Å². The van der Waals surface area contributed by atoms with Crippen molar-refractivity contribution < 1.29 is 9.53 Å². The molecule has 2 fully saturated rings. The van der Waals surface area contributed by atoms with Crippen LogP contribution in [0.4, 0.5) is 0 Å². The van der Waals surface area contributed by atoms with Gasteiger partial charge < -0.3 is 4.74 Å². The van der Waals surface area contributed by atoms with Crippen molar-refractivity contribution in [3.8, 4) is 5.75 Å². The van der Waals surface area contributed by atoms with Crippen LogP contribution in [0.25, 0.3) is 0 Å². The van der Waals surface area contributed by atoms with Gasteiger partial charge in [0.2, 0.25) is 0 Å². The molecule has 3 unspecified atom stereocenters. The molecule has 0 aliphatic heterocycles. The van der Waals surface area contributed by atoms with E-state index in [2.05, 4.69) is 15.9 Å². The number of esters is 1. The molecule has 0 aromatic heterocycles. The van der Waals surface area contributed by atoms with Crippen molar-refractivity contribution >= 4 is 21.9 Å². The van der Waals surface area contributed by atoms with Crippen molar-refractivity contribution in [3.63, 3.8) is 0 Å². The van der Waals surface area contributed by atoms with Crippen molar-refractivity contribution in [2.75, 3.05) is 0 Å². The molecule has 3 rings (SSSR count). The van der Waals surface area contributed by atoms with Gasteiger partial charge in [-0.25, -0.2) is 0 Å². The first-order chi connectivity index (χ1) is 8.22. The first-order valence-corrected chi connectivity index (χ1v) is 6.99. The Balaban J connectivity index is 1.65. The summed E-state index contributed by atoms with van der Waals surface area (Å²) in [6.07, 6.45) is 4.80. The lowest BCUT2D eigenvalue weighted by Crippen LogP contribution is -2.25. The van der Waals surface area contributed by atoms with Gasteiger partial charge in [0, 0.05) is 4.47 Å². The Morgan fingerprint density at radius 2 is 1.94 bits per heavy atom. The number of ether oxygens (including phenoxy) is 1. The summed E-state index contributed by atoms with van der Waals surface area (Å²) in [5.74, 6) is 2.14. The number of carbonyl (C=O) groups excluding carboxylic acids is 1. The van der Waals surface area contributed by atoms with E-state index in [0.29, 0.717) is 11.7 Å².